The van der Waals surface area contributed by atoms with E-state index in [1.807, 2.05) is 17.0 Å². The number of alkyl halides is 2. The Morgan fingerprint density at radius 3 is 2.20 bits per heavy atom. The number of anilines is 4. The first-order valence-electron chi connectivity index (χ1n) is 16.3. The van der Waals surface area contributed by atoms with Crippen LogP contribution in [0.3, 0.4) is 0 Å². The molecule has 49 heavy (non-hydrogen) atoms. The molecule has 11 heteroatoms. The first-order chi connectivity index (χ1) is 23.1. The highest BCUT2D eigenvalue weighted by molar-refractivity contribution is 6.03. The van der Waals surface area contributed by atoms with Crippen molar-refractivity contribution in [2.24, 2.45) is 5.41 Å². The van der Waals surface area contributed by atoms with Crippen LogP contribution in [-0.4, -0.2) is 48.3 Å². The number of piperidine rings is 1. The van der Waals surface area contributed by atoms with Crippen LogP contribution in [0.4, 0.5) is 45.1 Å². The Hall–Kier alpha value is -4.77. The van der Waals surface area contributed by atoms with Crippen molar-refractivity contribution in [2.45, 2.75) is 52.1 Å². The molecule has 4 aromatic rings. The van der Waals surface area contributed by atoms with Crippen molar-refractivity contribution < 1.29 is 32.2 Å². The molecule has 258 valence electrons. The van der Waals surface area contributed by atoms with Crippen LogP contribution >= 0.6 is 0 Å². The van der Waals surface area contributed by atoms with Crippen molar-refractivity contribution in [3.8, 4) is 22.6 Å². The molecule has 4 aromatic carbocycles. The molecule has 0 radical (unpaired) electrons. The van der Waals surface area contributed by atoms with E-state index in [1.165, 1.54) is 36.4 Å². The van der Waals surface area contributed by atoms with Gasteiger partial charge in [-0.2, -0.15) is 8.78 Å². The van der Waals surface area contributed by atoms with Crippen LogP contribution in [0.15, 0.2) is 78.9 Å². The summed E-state index contributed by atoms with van der Waals surface area (Å²) in [6.45, 7) is 10.1. The number of nitrogens with zero attached hydrogens (tertiary/aromatic N) is 2. The fourth-order valence-corrected chi connectivity index (χ4v) is 7.11. The van der Waals surface area contributed by atoms with Crippen molar-refractivity contribution >= 4 is 28.8 Å². The quantitative estimate of drug-likeness (QED) is 0.170. The average Bonchev–Trinajstić information content (AvgIpc) is 3.33. The molecule has 2 aliphatic rings. The number of rotatable bonds is 7. The molecule has 0 unspecified atom stereocenters. The molecule has 1 fully saturated rings. The van der Waals surface area contributed by atoms with Gasteiger partial charge in [-0.3, -0.25) is 0 Å². The number of hydrogen-bond acceptors (Lipinski definition) is 5. The molecule has 0 bridgehead atoms. The van der Waals surface area contributed by atoms with Crippen molar-refractivity contribution in [2.75, 3.05) is 41.7 Å². The molecule has 0 aromatic heterocycles. The van der Waals surface area contributed by atoms with Crippen molar-refractivity contribution in [1.82, 2.24) is 4.90 Å². The number of carbonyl (C=O) groups excluding carboxylic acids is 1. The van der Waals surface area contributed by atoms with Gasteiger partial charge in [0.2, 0.25) is 0 Å². The summed E-state index contributed by atoms with van der Waals surface area (Å²) in [5.41, 5.74) is 2.88. The highest BCUT2D eigenvalue weighted by Crippen LogP contribution is 2.57. The van der Waals surface area contributed by atoms with Crippen LogP contribution < -0.4 is 20.3 Å². The fraction of sp³-hybridized carbons (Fsp3) is 0.342. The maximum atomic E-state index is 16.0. The van der Waals surface area contributed by atoms with Gasteiger partial charge in [-0.15, -0.1) is 0 Å². The van der Waals surface area contributed by atoms with Crippen LogP contribution in [-0.2, 0) is 5.41 Å². The van der Waals surface area contributed by atoms with Gasteiger partial charge in [-0.1, -0.05) is 45.0 Å². The molecule has 2 aliphatic heterocycles. The summed E-state index contributed by atoms with van der Waals surface area (Å²) in [5.74, 6) is -1.31. The molecule has 0 saturated carbocycles. The number of para-hydroxylation sites is 2. The molecule has 2 amide bonds. The minimum atomic E-state index is -3.34. The van der Waals surface area contributed by atoms with E-state index in [4.69, 9.17) is 0 Å². The second-order valence-corrected chi connectivity index (χ2v) is 14.2. The summed E-state index contributed by atoms with van der Waals surface area (Å²) >= 11 is 0. The molecular weight excluding hydrogens is 636 g/mol. The number of carbonyl (C=O) groups is 1. The van der Waals surface area contributed by atoms with Crippen LogP contribution in [0.1, 0.15) is 46.1 Å². The van der Waals surface area contributed by atoms with Gasteiger partial charge >= 0.3 is 12.1 Å². The number of phenols is 1. The molecule has 6 rings (SSSR count). The summed E-state index contributed by atoms with van der Waals surface area (Å²) in [6, 6.07) is 18.9. The summed E-state index contributed by atoms with van der Waals surface area (Å²) in [6.07, 6.45) is -1.95. The Morgan fingerprint density at radius 2 is 1.57 bits per heavy atom. The second-order valence-electron chi connectivity index (χ2n) is 14.2. The number of fused-ring (bicyclic) bond motifs is 2. The lowest BCUT2D eigenvalue weighted by molar-refractivity contribution is -0.158. The van der Waals surface area contributed by atoms with Crippen LogP contribution in [0.5, 0.6) is 11.5 Å². The molecule has 0 aliphatic carbocycles. The number of amides is 2. The number of ether oxygens (including phenoxy) is 1. The third-order valence-corrected chi connectivity index (χ3v) is 8.99. The monoisotopic (exact) mass is 676 g/mol. The van der Waals surface area contributed by atoms with Crippen molar-refractivity contribution in [1.29, 1.82) is 0 Å². The molecule has 3 N–H and O–H groups in total. The van der Waals surface area contributed by atoms with Crippen LogP contribution in [0, 0.1) is 17.0 Å². The van der Waals surface area contributed by atoms with Gasteiger partial charge in [0.1, 0.15) is 23.1 Å². The normalized spacial score (nSPS) is 16.0. The van der Waals surface area contributed by atoms with E-state index in [-0.39, 0.29) is 16.9 Å². The Kier molecular flexibility index (Phi) is 9.00. The van der Waals surface area contributed by atoms with Crippen LogP contribution in [0.25, 0.3) is 11.1 Å². The Balaban J connectivity index is 1.36. The van der Waals surface area contributed by atoms with Gasteiger partial charge < -0.3 is 30.3 Å². The third kappa shape index (κ3) is 7.46. The van der Waals surface area contributed by atoms with Gasteiger partial charge in [0.05, 0.1) is 17.1 Å². The van der Waals surface area contributed by atoms with Gasteiger partial charge in [0.25, 0.3) is 0 Å². The predicted octanol–water partition coefficient (Wildman–Crippen LogP) is 9.50. The minimum absolute atomic E-state index is 0.0501. The standard InChI is InChI=1S/C38H40F4N4O3/c1-36(2,3)22-45-19-17-38(18-20-45)23-46(34-31(47)21-28(40)32(33(34)38)24-9-11-25(39)12-10-24)30-8-6-5-7-29(30)44-35(48)43-26-13-15-27(16-14-26)49-37(4,41)42/h5-16,21,47H,17-20,22-23H2,1-4H3,(H2,43,44,48). The lowest BCUT2D eigenvalue weighted by Crippen LogP contribution is -2.47. The second kappa shape index (κ2) is 12.9. The lowest BCUT2D eigenvalue weighted by Gasteiger charge is -2.42. The van der Waals surface area contributed by atoms with E-state index in [1.54, 1.807) is 24.3 Å². The number of benzene rings is 4. The van der Waals surface area contributed by atoms with Gasteiger partial charge in [-0.05, 0) is 91.0 Å². The number of aromatic hydroxyl groups is 1. The average molecular weight is 677 g/mol. The molecule has 7 nitrogen and oxygen atoms in total. The minimum Gasteiger partial charge on any atom is -0.506 e. The van der Waals surface area contributed by atoms with E-state index in [0.717, 1.165) is 25.7 Å². The summed E-state index contributed by atoms with van der Waals surface area (Å²) in [4.78, 5) is 17.6. The zero-order valence-corrected chi connectivity index (χ0v) is 27.9. The number of hydrogen-bond donors (Lipinski definition) is 3. The molecule has 1 spiro atoms. The number of nitrogens with one attached hydrogen (secondary N) is 2. The van der Waals surface area contributed by atoms with E-state index in [2.05, 4.69) is 41.0 Å². The van der Waals surface area contributed by atoms with Crippen molar-refractivity contribution in [3.05, 3.63) is 96.1 Å². The summed E-state index contributed by atoms with van der Waals surface area (Å²) in [5, 5.41) is 17.0. The Bertz CT molecular complexity index is 1830. The first-order valence-corrected chi connectivity index (χ1v) is 16.3. The highest BCUT2D eigenvalue weighted by Gasteiger charge is 2.49. The molecule has 2 heterocycles. The Morgan fingerprint density at radius 1 is 0.918 bits per heavy atom. The third-order valence-electron chi connectivity index (χ3n) is 8.99. The van der Waals surface area contributed by atoms with Crippen LogP contribution in [0.2, 0.25) is 0 Å². The van der Waals surface area contributed by atoms with E-state index >= 15 is 4.39 Å². The number of phenolic OH excluding ortho intramolecular Hbond substituents is 1. The van der Waals surface area contributed by atoms with E-state index < -0.39 is 29.2 Å². The topological polar surface area (TPSA) is 77.1 Å². The van der Waals surface area contributed by atoms with Gasteiger partial charge in [0, 0.05) is 42.7 Å². The zero-order valence-electron chi connectivity index (χ0n) is 27.9. The predicted molar refractivity (Wildman–Crippen MR) is 184 cm³/mol. The number of urea groups is 1. The van der Waals surface area contributed by atoms with Crippen molar-refractivity contribution in [3.63, 3.8) is 0 Å². The van der Waals surface area contributed by atoms with Gasteiger partial charge in [0.15, 0.2) is 0 Å². The van der Waals surface area contributed by atoms with Gasteiger partial charge in [-0.25, -0.2) is 13.6 Å². The summed E-state index contributed by atoms with van der Waals surface area (Å²) in [7, 11) is 0. The SMILES string of the molecule is CC(C)(C)CN1CCC2(CC1)CN(c1ccccc1NC(=O)Nc1ccc(OC(C)(F)F)cc1)c1c(O)cc(F)c(-c3ccc(F)cc3)c12. The first kappa shape index (κ1) is 34.1. The number of halogens is 4. The lowest BCUT2D eigenvalue weighted by atomic mass is 9.71. The Labute approximate surface area is 283 Å². The summed E-state index contributed by atoms with van der Waals surface area (Å²) < 4.78 is 61.0. The molecule has 0 atom stereocenters. The maximum absolute atomic E-state index is 16.0. The maximum Gasteiger partial charge on any atom is 0.394 e. The highest BCUT2D eigenvalue weighted by atomic mass is 19.3. The van der Waals surface area contributed by atoms with E-state index in [9.17, 15) is 23.1 Å². The van der Waals surface area contributed by atoms with E-state index in [0.29, 0.717) is 65.8 Å². The largest absolute Gasteiger partial charge is 0.506 e. The number of likely N-dealkylation sites (tertiary alicyclic amines) is 1. The smallest absolute Gasteiger partial charge is 0.394 e. The molecular formula is C38H40F4N4O3. The fourth-order valence-electron chi connectivity index (χ4n) is 7.11. The molecule has 1 saturated heterocycles. The zero-order chi connectivity index (χ0) is 35.1.